The lowest BCUT2D eigenvalue weighted by molar-refractivity contribution is -0.384. The Bertz CT molecular complexity index is 2630. The van der Waals surface area contributed by atoms with Gasteiger partial charge in [0.15, 0.2) is 0 Å². The number of hydrogen-bond donors (Lipinski definition) is 3. The summed E-state index contributed by atoms with van der Waals surface area (Å²) >= 11 is 0. The summed E-state index contributed by atoms with van der Waals surface area (Å²) in [6, 6.07) is 24.8. The third-order valence-electron chi connectivity index (χ3n) is 15.4. The van der Waals surface area contributed by atoms with E-state index in [4.69, 9.17) is 24.2 Å². The smallest absolute Gasteiger partial charge is 0.412 e. The zero-order valence-corrected chi connectivity index (χ0v) is 44.8. The minimum Gasteiger partial charge on any atom is -0.459 e. The van der Waals surface area contributed by atoms with E-state index in [0.717, 1.165) is 72.4 Å². The molecule has 1 saturated carbocycles. The normalized spacial score (nSPS) is 21.1. The molecule has 14 heteroatoms. The van der Waals surface area contributed by atoms with Crippen molar-refractivity contribution < 1.29 is 43.8 Å². The van der Waals surface area contributed by atoms with Crippen molar-refractivity contribution in [2.75, 3.05) is 33.0 Å². The molecular weight excluding hydrogens is 961 g/mol. The first-order valence-corrected chi connectivity index (χ1v) is 28.0. The summed E-state index contributed by atoms with van der Waals surface area (Å²) in [6.07, 6.45) is 23.0. The first-order chi connectivity index (χ1) is 37.2. The predicted molar refractivity (Wildman–Crippen MR) is 299 cm³/mol. The fourth-order valence-electron chi connectivity index (χ4n) is 11.7. The maximum Gasteiger partial charge on any atom is 0.412 e. The van der Waals surface area contributed by atoms with Crippen LogP contribution in [-0.2, 0) is 20.9 Å². The van der Waals surface area contributed by atoms with Gasteiger partial charge in [-0.2, -0.15) is 0 Å². The number of nitrogens with zero attached hydrogens (tertiary/aromatic N) is 3. The van der Waals surface area contributed by atoms with Crippen LogP contribution in [-0.4, -0.2) is 82.5 Å². The van der Waals surface area contributed by atoms with E-state index >= 15 is 4.79 Å². The van der Waals surface area contributed by atoms with Crippen molar-refractivity contribution in [3.8, 4) is 11.5 Å². The molecule has 1 heterocycles. The molecule has 0 saturated heterocycles. The summed E-state index contributed by atoms with van der Waals surface area (Å²) < 4.78 is 20.8. The average molecular weight is 1040 g/mol. The predicted octanol–water partition coefficient (Wildman–Crippen LogP) is 13.2. The van der Waals surface area contributed by atoms with Crippen LogP contribution in [0.15, 0.2) is 120 Å². The van der Waals surface area contributed by atoms with Crippen LogP contribution in [0.3, 0.4) is 0 Å². The van der Waals surface area contributed by atoms with Crippen LogP contribution >= 0.6 is 0 Å². The number of aliphatic hydroxyl groups is 2. The van der Waals surface area contributed by atoms with E-state index in [1.54, 1.807) is 35.3 Å². The topological polar surface area (TPSA) is 182 Å². The maximum absolute atomic E-state index is 15.4. The van der Waals surface area contributed by atoms with Gasteiger partial charge in [-0.25, -0.2) is 4.79 Å². The van der Waals surface area contributed by atoms with Crippen LogP contribution in [0.4, 0.5) is 10.5 Å². The van der Waals surface area contributed by atoms with Crippen molar-refractivity contribution in [3.63, 3.8) is 0 Å². The Labute approximate surface area is 449 Å². The van der Waals surface area contributed by atoms with Crippen molar-refractivity contribution in [2.24, 2.45) is 22.9 Å². The van der Waals surface area contributed by atoms with Gasteiger partial charge in [-0.15, -0.1) is 6.58 Å². The van der Waals surface area contributed by atoms with E-state index in [0.29, 0.717) is 48.8 Å². The van der Waals surface area contributed by atoms with E-state index in [2.05, 4.69) is 24.9 Å². The molecule has 14 nitrogen and oxygen atoms in total. The monoisotopic (exact) mass is 1040 g/mol. The first-order valence-electron chi connectivity index (χ1n) is 28.0. The molecule has 0 spiro atoms. The molecule has 0 radical (unpaired) electrons. The number of unbranched alkanes of at least 4 members (excludes halogenated alkanes) is 11. The molecule has 408 valence electrons. The number of nitrogens with one attached hydrogen (secondary N) is 1. The number of nitro benzene ring substituents is 1. The Kier molecular flexibility index (Phi) is 22.1. The van der Waals surface area contributed by atoms with Crippen molar-refractivity contribution in [1.82, 2.24) is 10.2 Å². The number of carbonyl (C=O) groups is 2. The number of carbonyl (C=O) groups excluding carboxylic acids is 2. The number of aliphatic hydroxyl groups excluding tert-OH is 2. The fraction of sp³-hybridized carbons (Fsp3) is 0.500. The summed E-state index contributed by atoms with van der Waals surface area (Å²) in [5.41, 5.74) is 3.81. The summed E-state index contributed by atoms with van der Waals surface area (Å²) in [4.78, 5) is 47.8. The van der Waals surface area contributed by atoms with Crippen LogP contribution in [0.5, 0.6) is 11.5 Å². The largest absolute Gasteiger partial charge is 0.459 e. The van der Waals surface area contributed by atoms with Crippen molar-refractivity contribution in [1.29, 1.82) is 0 Å². The lowest BCUT2D eigenvalue weighted by Gasteiger charge is -2.60. The van der Waals surface area contributed by atoms with Crippen LogP contribution in [0.2, 0.25) is 0 Å². The highest BCUT2D eigenvalue weighted by molar-refractivity contribution is 6.03. The molecule has 7 rings (SSSR count). The lowest BCUT2D eigenvalue weighted by Crippen LogP contribution is -2.70. The molecule has 1 aliphatic heterocycles. The van der Waals surface area contributed by atoms with Gasteiger partial charge < -0.3 is 39.5 Å². The Balaban J connectivity index is 1.32. The number of ether oxygens (including phenoxy) is 3. The highest BCUT2D eigenvalue weighted by Crippen LogP contribution is 2.62. The van der Waals surface area contributed by atoms with Gasteiger partial charge in [0.1, 0.15) is 24.1 Å². The lowest BCUT2D eigenvalue weighted by atomic mass is 9.55. The van der Waals surface area contributed by atoms with Crippen molar-refractivity contribution in [3.05, 3.63) is 142 Å². The zero-order valence-electron chi connectivity index (χ0n) is 44.8. The number of amides is 2. The Morgan fingerprint density at radius 3 is 2.30 bits per heavy atom. The first kappa shape index (κ1) is 57.4. The molecular formula is C62H80N4O10. The fourth-order valence-corrected chi connectivity index (χ4v) is 11.7. The number of allylic oxidation sites excluding steroid dienone is 1. The van der Waals surface area contributed by atoms with E-state index in [1.165, 1.54) is 63.2 Å². The average Bonchev–Trinajstić information content (AvgIpc) is 3.63. The molecule has 4 aromatic carbocycles. The summed E-state index contributed by atoms with van der Waals surface area (Å²) in [5.74, 6) is -1.99. The molecule has 3 N–H and O–H groups in total. The molecule has 0 bridgehead atoms. The molecule has 0 aromatic heterocycles. The Morgan fingerprint density at radius 2 is 1.59 bits per heavy atom. The highest BCUT2D eigenvalue weighted by atomic mass is 16.7. The highest BCUT2D eigenvalue weighted by Gasteiger charge is 2.65. The maximum atomic E-state index is 15.4. The Morgan fingerprint density at radius 1 is 0.882 bits per heavy atom. The van der Waals surface area contributed by atoms with Gasteiger partial charge in [0.2, 0.25) is 11.7 Å². The minimum atomic E-state index is -1.55. The van der Waals surface area contributed by atoms with E-state index < -0.39 is 28.8 Å². The third kappa shape index (κ3) is 14.6. The van der Waals surface area contributed by atoms with Gasteiger partial charge in [-0.05, 0) is 115 Å². The third-order valence-corrected chi connectivity index (χ3v) is 15.4. The molecule has 4 aromatic rings. The van der Waals surface area contributed by atoms with Crippen LogP contribution in [0, 0.1) is 27.9 Å². The van der Waals surface area contributed by atoms with E-state index in [9.17, 15) is 25.1 Å². The van der Waals surface area contributed by atoms with Crippen LogP contribution in [0.1, 0.15) is 146 Å². The zero-order chi connectivity index (χ0) is 53.7. The number of fused-ring (bicyclic) bond motifs is 3. The van der Waals surface area contributed by atoms with E-state index in [-0.39, 0.29) is 62.1 Å². The standard InChI is InChI=1S/C62H80N4O10/c1-4-7-8-9-10-11-12-13-14-19-37-63-61(70)75-50-34-35-56-54(42-50)59-52(28-18-21-39-68)47(24-17-20-38-67)41-53-55(64-74-6-3)43-57(62(76-56,60(53)59)73-40-5-2)65(44-48-26-22-25-46-23-15-16-27-51(46)48)58(69)36-31-45-29-32-49(33-30-45)66(71)72/h5,15-16,22-23,25-27,29-36,41-42,47,52,57,59-60,67-68H,2,4,6-14,17-21,24,28,37-40,43-44H2,1,3H3,(H,63,70). The van der Waals surface area contributed by atoms with Gasteiger partial charge in [0, 0.05) is 62.4 Å². The van der Waals surface area contributed by atoms with Gasteiger partial charge in [-0.3, -0.25) is 14.9 Å². The summed E-state index contributed by atoms with van der Waals surface area (Å²) in [7, 11) is 0. The number of hydrogen-bond acceptors (Lipinski definition) is 11. The van der Waals surface area contributed by atoms with E-state index in [1.807, 2.05) is 61.5 Å². The number of nitro groups is 1. The van der Waals surface area contributed by atoms with Crippen LogP contribution in [0.25, 0.3) is 16.8 Å². The molecule has 1 fully saturated rings. The van der Waals surface area contributed by atoms with Crippen molar-refractivity contribution >= 4 is 40.2 Å². The number of non-ortho nitro benzene ring substituents is 1. The molecule has 2 aliphatic carbocycles. The molecule has 76 heavy (non-hydrogen) atoms. The minimum absolute atomic E-state index is 0.0000899. The summed E-state index contributed by atoms with van der Waals surface area (Å²) in [6.45, 7) is 9.34. The molecule has 6 atom stereocenters. The van der Waals surface area contributed by atoms with Crippen LogP contribution < -0.4 is 14.8 Å². The van der Waals surface area contributed by atoms with Gasteiger partial charge in [-0.1, -0.05) is 137 Å². The second-order valence-corrected chi connectivity index (χ2v) is 20.5. The summed E-state index contributed by atoms with van der Waals surface area (Å²) in [5, 5.41) is 41.5. The van der Waals surface area contributed by atoms with Crippen molar-refractivity contribution in [2.45, 2.75) is 147 Å². The second-order valence-electron chi connectivity index (χ2n) is 20.5. The molecule has 2 amide bonds. The molecule has 3 aliphatic rings. The number of benzene rings is 4. The second kappa shape index (κ2) is 29.2. The number of rotatable bonds is 31. The van der Waals surface area contributed by atoms with Gasteiger partial charge in [0.25, 0.3) is 5.69 Å². The molecule has 6 unspecified atom stereocenters. The SMILES string of the molecule is C=CCOC12Oc3ccc(OC(=O)NCCCCCCCCCCCC)cc3C3C(CCCCO)C(CCCCO)C=C(C(=NOCC)CC1N(Cc1cccc4ccccc14)C(=O)C=Cc1ccc([N+](=O)[O-])cc1)C32. The van der Waals surface area contributed by atoms with Gasteiger partial charge in [0.05, 0.1) is 23.2 Å². The van der Waals surface area contributed by atoms with Gasteiger partial charge >= 0.3 is 6.09 Å². The number of oxime groups is 1. The quantitative estimate of drug-likeness (QED) is 0.0144. The Hall–Kier alpha value is -6.35.